The van der Waals surface area contributed by atoms with E-state index in [4.69, 9.17) is 4.52 Å². The highest BCUT2D eigenvalue weighted by atomic mass is 32.2. The summed E-state index contributed by atoms with van der Waals surface area (Å²) in [7, 11) is -3.69. The quantitative estimate of drug-likeness (QED) is 0.840. The van der Waals surface area contributed by atoms with Crippen LogP contribution in [0.5, 0.6) is 0 Å². The van der Waals surface area contributed by atoms with Crippen LogP contribution in [0.2, 0.25) is 0 Å². The smallest absolute Gasteiger partial charge is 0.248 e. The van der Waals surface area contributed by atoms with Gasteiger partial charge < -0.3 is 9.84 Å². The lowest BCUT2D eigenvalue weighted by Crippen LogP contribution is -2.47. The van der Waals surface area contributed by atoms with Crippen LogP contribution in [0.3, 0.4) is 0 Å². The summed E-state index contributed by atoms with van der Waals surface area (Å²) in [5.41, 5.74) is 0.358. The van der Waals surface area contributed by atoms with E-state index in [0.717, 1.165) is 12.8 Å². The maximum absolute atomic E-state index is 12.9. The van der Waals surface area contributed by atoms with Gasteiger partial charge in [-0.25, -0.2) is 8.42 Å². The van der Waals surface area contributed by atoms with Gasteiger partial charge in [-0.3, -0.25) is 4.79 Å². The van der Waals surface area contributed by atoms with Gasteiger partial charge in [0.15, 0.2) is 5.76 Å². The molecule has 0 saturated carbocycles. The average Bonchev–Trinajstić information content (AvgIpc) is 2.91. The lowest BCUT2D eigenvalue weighted by atomic mass is 9.98. The third-order valence-electron chi connectivity index (χ3n) is 4.65. The van der Waals surface area contributed by atoms with Crippen molar-refractivity contribution < 1.29 is 17.7 Å². The first-order valence-corrected chi connectivity index (χ1v) is 9.98. The third-order valence-corrected chi connectivity index (χ3v) is 6.76. The molecule has 1 fully saturated rings. The number of nitrogens with zero attached hydrogens (tertiary/aromatic N) is 2. The van der Waals surface area contributed by atoms with Crippen molar-refractivity contribution in [3.8, 4) is 0 Å². The molecule has 1 aromatic rings. The fraction of sp³-hybridized carbons (Fsp3) is 0.750. The summed E-state index contributed by atoms with van der Waals surface area (Å²) in [4.78, 5) is 12.6. The molecule has 136 valence electrons. The van der Waals surface area contributed by atoms with Crippen LogP contribution < -0.4 is 5.32 Å². The van der Waals surface area contributed by atoms with Crippen LogP contribution in [-0.2, 0) is 14.8 Å². The van der Waals surface area contributed by atoms with Crippen LogP contribution in [-0.4, -0.2) is 42.9 Å². The second-order valence-electron chi connectivity index (χ2n) is 6.38. The molecular weight excluding hydrogens is 330 g/mol. The van der Waals surface area contributed by atoms with E-state index in [9.17, 15) is 13.2 Å². The molecule has 1 aromatic heterocycles. The molecule has 2 heterocycles. The lowest BCUT2D eigenvalue weighted by Gasteiger charge is -2.31. The Bertz CT molecular complexity index is 660. The van der Waals surface area contributed by atoms with Crippen LogP contribution in [0.4, 0.5) is 0 Å². The first-order chi connectivity index (χ1) is 11.3. The highest BCUT2D eigenvalue weighted by Crippen LogP contribution is 2.27. The number of piperidine rings is 1. The van der Waals surface area contributed by atoms with Crippen molar-refractivity contribution in [2.24, 2.45) is 5.92 Å². The standard InChI is InChI=1S/C16H27N3O4S/c1-5-14(6-2)17-16(20)13-8-7-9-19(10-13)24(21,22)15-11(3)18-23-12(15)4/h13-14H,5-10H2,1-4H3,(H,17,20). The molecule has 1 amide bonds. The number of nitrogens with one attached hydrogen (secondary N) is 1. The number of hydrogen-bond acceptors (Lipinski definition) is 5. The zero-order valence-corrected chi connectivity index (χ0v) is 15.6. The number of rotatable bonds is 6. The molecule has 1 atom stereocenters. The fourth-order valence-corrected chi connectivity index (χ4v) is 4.97. The first-order valence-electron chi connectivity index (χ1n) is 8.54. The van der Waals surface area contributed by atoms with Crippen LogP contribution in [0, 0.1) is 19.8 Å². The molecule has 1 aliphatic heterocycles. The summed E-state index contributed by atoms with van der Waals surface area (Å²) >= 11 is 0. The predicted molar refractivity (Wildman–Crippen MR) is 90.0 cm³/mol. The van der Waals surface area contributed by atoms with Gasteiger partial charge in [0.05, 0.1) is 5.92 Å². The summed E-state index contributed by atoms with van der Waals surface area (Å²) in [6.07, 6.45) is 3.12. The monoisotopic (exact) mass is 357 g/mol. The number of aromatic nitrogens is 1. The first kappa shape index (κ1) is 18.9. The second kappa shape index (κ2) is 7.65. The Morgan fingerprint density at radius 3 is 2.58 bits per heavy atom. The zero-order chi connectivity index (χ0) is 17.9. The minimum Gasteiger partial charge on any atom is -0.360 e. The largest absolute Gasteiger partial charge is 0.360 e. The predicted octanol–water partition coefficient (Wildman–Crippen LogP) is 2.00. The summed E-state index contributed by atoms with van der Waals surface area (Å²) in [6.45, 7) is 7.89. The zero-order valence-electron chi connectivity index (χ0n) is 14.8. The minimum absolute atomic E-state index is 0.0534. The van der Waals surface area contributed by atoms with Crippen LogP contribution >= 0.6 is 0 Å². The van der Waals surface area contributed by atoms with Gasteiger partial charge in [-0.1, -0.05) is 19.0 Å². The molecule has 2 rings (SSSR count). The van der Waals surface area contributed by atoms with Crippen LogP contribution in [0.15, 0.2) is 9.42 Å². The molecule has 1 unspecified atom stereocenters. The SMILES string of the molecule is CCC(CC)NC(=O)C1CCCN(S(=O)(=O)c2c(C)noc2C)C1. The highest BCUT2D eigenvalue weighted by molar-refractivity contribution is 7.89. The normalized spacial score (nSPS) is 19.6. The van der Waals surface area contributed by atoms with Gasteiger partial charge in [-0.2, -0.15) is 4.31 Å². The fourth-order valence-electron chi connectivity index (χ4n) is 3.16. The maximum atomic E-state index is 12.9. The van der Waals surface area contributed by atoms with Crippen molar-refractivity contribution in [2.45, 2.75) is 64.3 Å². The second-order valence-corrected chi connectivity index (χ2v) is 8.25. The number of hydrogen-bond donors (Lipinski definition) is 1. The van der Waals surface area contributed by atoms with Crippen molar-refractivity contribution >= 4 is 15.9 Å². The summed E-state index contributed by atoms with van der Waals surface area (Å²) < 4.78 is 32.2. The maximum Gasteiger partial charge on any atom is 0.248 e. The Hall–Kier alpha value is -1.41. The Labute approximate surface area is 143 Å². The molecule has 1 saturated heterocycles. The van der Waals surface area contributed by atoms with Gasteiger partial charge >= 0.3 is 0 Å². The summed E-state index contributed by atoms with van der Waals surface area (Å²) in [5, 5.41) is 6.76. The van der Waals surface area contributed by atoms with E-state index in [1.165, 1.54) is 4.31 Å². The molecule has 7 nitrogen and oxygen atoms in total. The number of carbonyl (C=O) groups excluding carboxylic acids is 1. The number of sulfonamides is 1. The number of aryl methyl sites for hydroxylation is 2. The molecule has 0 spiro atoms. The van der Waals surface area contributed by atoms with Gasteiger partial charge in [0, 0.05) is 19.1 Å². The topological polar surface area (TPSA) is 92.5 Å². The lowest BCUT2D eigenvalue weighted by molar-refractivity contribution is -0.126. The molecule has 1 aliphatic rings. The highest BCUT2D eigenvalue weighted by Gasteiger charge is 2.36. The van der Waals surface area contributed by atoms with Gasteiger partial charge in [-0.15, -0.1) is 0 Å². The van der Waals surface area contributed by atoms with Crippen molar-refractivity contribution in [1.29, 1.82) is 0 Å². The van der Waals surface area contributed by atoms with E-state index in [2.05, 4.69) is 10.5 Å². The van der Waals surface area contributed by atoms with Gasteiger partial charge in [0.2, 0.25) is 15.9 Å². The third kappa shape index (κ3) is 3.80. The van der Waals surface area contributed by atoms with E-state index >= 15 is 0 Å². The van der Waals surface area contributed by atoms with Gasteiger partial charge in [-0.05, 0) is 39.5 Å². The molecule has 0 aliphatic carbocycles. The van der Waals surface area contributed by atoms with Crippen molar-refractivity contribution in [2.75, 3.05) is 13.1 Å². The van der Waals surface area contributed by atoms with E-state index in [0.29, 0.717) is 25.1 Å². The summed E-state index contributed by atoms with van der Waals surface area (Å²) in [6, 6.07) is 0.145. The van der Waals surface area contributed by atoms with Crippen molar-refractivity contribution in [3.63, 3.8) is 0 Å². The Morgan fingerprint density at radius 1 is 1.38 bits per heavy atom. The van der Waals surface area contributed by atoms with E-state index in [-0.39, 0.29) is 35.1 Å². The summed E-state index contributed by atoms with van der Waals surface area (Å²) in [5.74, 6) is -0.0759. The Kier molecular flexibility index (Phi) is 6.03. The molecule has 1 N–H and O–H groups in total. The molecule has 24 heavy (non-hydrogen) atoms. The van der Waals surface area contributed by atoms with Crippen molar-refractivity contribution in [3.05, 3.63) is 11.5 Å². The van der Waals surface area contributed by atoms with E-state index in [1.807, 2.05) is 13.8 Å². The van der Waals surface area contributed by atoms with Gasteiger partial charge in [0.1, 0.15) is 10.6 Å². The molecular formula is C16H27N3O4S. The number of carbonyl (C=O) groups is 1. The molecule has 0 bridgehead atoms. The molecule has 0 aromatic carbocycles. The van der Waals surface area contributed by atoms with E-state index < -0.39 is 10.0 Å². The molecule has 8 heteroatoms. The van der Waals surface area contributed by atoms with Crippen LogP contribution in [0.25, 0.3) is 0 Å². The average molecular weight is 357 g/mol. The van der Waals surface area contributed by atoms with Crippen LogP contribution in [0.1, 0.15) is 51.0 Å². The van der Waals surface area contributed by atoms with E-state index in [1.54, 1.807) is 13.8 Å². The number of amides is 1. The molecule has 0 radical (unpaired) electrons. The van der Waals surface area contributed by atoms with Crippen molar-refractivity contribution in [1.82, 2.24) is 14.8 Å². The van der Waals surface area contributed by atoms with Gasteiger partial charge in [0.25, 0.3) is 0 Å². The minimum atomic E-state index is -3.69. The Morgan fingerprint density at radius 2 is 2.04 bits per heavy atom. The Balaban J connectivity index is 2.14.